The van der Waals surface area contributed by atoms with Crippen LogP contribution < -0.4 is 5.32 Å². The van der Waals surface area contributed by atoms with Crippen molar-refractivity contribution in [2.75, 3.05) is 18.4 Å². The molecule has 2 aromatic rings. The van der Waals surface area contributed by atoms with Crippen molar-refractivity contribution < 1.29 is 4.39 Å². The molecule has 1 fully saturated rings. The molecule has 3 rings (SSSR count). The van der Waals surface area contributed by atoms with E-state index in [1.807, 2.05) is 12.1 Å². The molecule has 2 aromatic carbocycles. The van der Waals surface area contributed by atoms with Gasteiger partial charge in [-0.25, -0.2) is 4.39 Å². The highest BCUT2D eigenvalue weighted by molar-refractivity contribution is 5.45. The fraction of sp³-hybridized carbons (Fsp3) is 0.400. The minimum Gasteiger partial charge on any atom is -0.381 e. The van der Waals surface area contributed by atoms with E-state index >= 15 is 0 Å². The number of piperidine rings is 1. The van der Waals surface area contributed by atoms with Crippen LogP contribution in [0.3, 0.4) is 0 Å². The molecule has 0 bridgehead atoms. The largest absolute Gasteiger partial charge is 0.381 e. The van der Waals surface area contributed by atoms with Gasteiger partial charge in [0.1, 0.15) is 5.82 Å². The first kappa shape index (κ1) is 16.0. The van der Waals surface area contributed by atoms with Crippen LogP contribution in [0.1, 0.15) is 30.9 Å². The Balaban J connectivity index is 1.51. The van der Waals surface area contributed by atoms with Gasteiger partial charge >= 0.3 is 0 Å². The van der Waals surface area contributed by atoms with Crippen LogP contribution in [0.25, 0.3) is 0 Å². The van der Waals surface area contributed by atoms with E-state index < -0.39 is 0 Å². The molecule has 1 aliphatic heterocycles. The van der Waals surface area contributed by atoms with E-state index in [1.54, 1.807) is 0 Å². The Morgan fingerprint density at radius 3 is 2.43 bits per heavy atom. The molecule has 1 heterocycles. The lowest BCUT2D eigenvalue weighted by molar-refractivity contribution is 0.176. The highest BCUT2D eigenvalue weighted by Gasteiger charge is 2.15. The molecule has 0 amide bonds. The molecule has 23 heavy (non-hydrogen) atoms. The lowest BCUT2D eigenvalue weighted by Crippen LogP contribution is -2.33. The Morgan fingerprint density at radius 1 is 1.04 bits per heavy atom. The van der Waals surface area contributed by atoms with Gasteiger partial charge in [-0.15, -0.1) is 0 Å². The Hall–Kier alpha value is -1.87. The average Bonchev–Trinajstić information content (AvgIpc) is 2.56. The van der Waals surface area contributed by atoms with Gasteiger partial charge in [-0.3, -0.25) is 4.90 Å². The molecule has 0 spiro atoms. The first-order chi connectivity index (χ1) is 11.2. The van der Waals surface area contributed by atoms with Gasteiger partial charge < -0.3 is 5.32 Å². The second-order valence-electron chi connectivity index (χ2n) is 6.66. The van der Waals surface area contributed by atoms with E-state index in [-0.39, 0.29) is 5.82 Å². The van der Waals surface area contributed by atoms with Gasteiger partial charge in [0.05, 0.1) is 0 Å². The highest BCUT2D eigenvalue weighted by atomic mass is 19.1. The Morgan fingerprint density at radius 2 is 1.74 bits per heavy atom. The van der Waals surface area contributed by atoms with Crippen LogP contribution in [-0.2, 0) is 13.1 Å². The standard InChI is InChI=1S/C20H25FN2/c1-16-3-2-12-23(14-16)15-18-6-10-20(11-7-18)22-13-17-4-8-19(21)9-5-17/h4-11,16,22H,2-3,12-15H2,1H3. The van der Waals surface area contributed by atoms with E-state index in [4.69, 9.17) is 0 Å². The summed E-state index contributed by atoms with van der Waals surface area (Å²) in [6.45, 7) is 6.53. The monoisotopic (exact) mass is 312 g/mol. The van der Waals surface area contributed by atoms with E-state index in [9.17, 15) is 4.39 Å². The van der Waals surface area contributed by atoms with Crippen molar-refractivity contribution in [3.63, 3.8) is 0 Å². The second kappa shape index (κ2) is 7.60. The molecule has 1 aliphatic rings. The van der Waals surface area contributed by atoms with Crippen LogP contribution in [0.2, 0.25) is 0 Å². The maximum atomic E-state index is 12.9. The molecular weight excluding hydrogens is 287 g/mol. The fourth-order valence-corrected chi connectivity index (χ4v) is 3.22. The molecule has 0 aromatic heterocycles. The van der Waals surface area contributed by atoms with Gasteiger partial charge in [-0.05, 0) is 60.7 Å². The number of likely N-dealkylation sites (tertiary alicyclic amines) is 1. The van der Waals surface area contributed by atoms with Gasteiger partial charge in [0, 0.05) is 25.3 Å². The minimum absolute atomic E-state index is 0.190. The molecule has 1 atom stereocenters. The molecule has 1 unspecified atom stereocenters. The van der Waals surface area contributed by atoms with Crippen molar-refractivity contribution in [2.45, 2.75) is 32.9 Å². The topological polar surface area (TPSA) is 15.3 Å². The van der Waals surface area contributed by atoms with Crippen molar-refractivity contribution >= 4 is 5.69 Å². The third-order valence-electron chi connectivity index (χ3n) is 4.51. The zero-order valence-corrected chi connectivity index (χ0v) is 13.8. The molecule has 0 radical (unpaired) electrons. The predicted octanol–water partition coefficient (Wildman–Crippen LogP) is 4.67. The molecule has 122 valence electrons. The van der Waals surface area contributed by atoms with Crippen molar-refractivity contribution in [3.05, 3.63) is 65.5 Å². The fourth-order valence-electron chi connectivity index (χ4n) is 3.22. The summed E-state index contributed by atoms with van der Waals surface area (Å²) in [6, 6.07) is 15.3. The van der Waals surface area contributed by atoms with Gasteiger partial charge in [-0.2, -0.15) is 0 Å². The Bertz CT molecular complexity index is 607. The minimum atomic E-state index is -0.190. The second-order valence-corrected chi connectivity index (χ2v) is 6.66. The maximum absolute atomic E-state index is 12.9. The number of anilines is 1. The summed E-state index contributed by atoms with van der Waals surface area (Å²) in [7, 11) is 0. The predicted molar refractivity (Wildman–Crippen MR) is 93.8 cm³/mol. The van der Waals surface area contributed by atoms with Gasteiger partial charge in [-0.1, -0.05) is 31.2 Å². The molecule has 1 saturated heterocycles. The van der Waals surface area contributed by atoms with E-state index in [0.717, 1.165) is 23.7 Å². The highest BCUT2D eigenvalue weighted by Crippen LogP contribution is 2.19. The summed E-state index contributed by atoms with van der Waals surface area (Å²) in [5, 5.41) is 3.38. The lowest BCUT2D eigenvalue weighted by atomic mass is 10.00. The van der Waals surface area contributed by atoms with Crippen LogP contribution in [0.15, 0.2) is 48.5 Å². The third kappa shape index (κ3) is 4.80. The molecular formula is C20H25FN2. The number of benzene rings is 2. The SMILES string of the molecule is CC1CCCN(Cc2ccc(NCc3ccc(F)cc3)cc2)C1. The van der Waals surface area contributed by atoms with Crippen molar-refractivity contribution in [1.82, 2.24) is 4.90 Å². The normalized spacial score (nSPS) is 18.8. The number of nitrogens with one attached hydrogen (secondary N) is 1. The summed E-state index contributed by atoms with van der Waals surface area (Å²) in [5.41, 5.74) is 3.55. The summed E-state index contributed by atoms with van der Waals surface area (Å²) < 4.78 is 12.9. The quantitative estimate of drug-likeness (QED) is 0.863. The number of rotatable bonds is 5. The zero-order chi connectivity index (χ0) is 16.1. The maximum Gasteiger partial charge on any atom is 0.123 e. The smallest absolute Gasteiger partial charge is 0.123 e. The number of nitrogens with zero attached hydrogens (tertiary/aromatic N) is 1. The molecule has 0 saturated carbocycles. The summed E-state index contributed by atoms with van der Waals surface area (Å²) in [6.07, 6.45) is 2.68. The molecule has 1 N–H and O–H groups in total. The Labute approximate surface area is 138 Å². The van der Waals surface area contributed by atoms with Crippen LogP contribution in [0, 0.1) is 11.7 Å². The van der Waals surface area contributed by atoms with Crippen molar-refractivity contribution in [3.8, 4) is 0 Å². The lowest BCUT2D eigenvalue weighted by Gasteiger charge is -2.30. The van der Waals surface area contributed by atoms with Crippen LogP contribution in [0.5, 0.6) is 0 Å². The van der Waals surface area contributed by atoms with Gasteiger partial charge in [0.2, 0.25) is 0 Å². The van der Waals surface area contributed by atoms with Gasteiger partial charge in [0.15, 0.2) is 0 Å². The van der Waals surface area contributed by atoms with Gasteiger partial charge in [0.25, 0.3) is 0 Å². The van der Waals surface area contributed by atoms with Crippen LogP contribution in [-0.4, -0.2) is 18.0 Å². The van der Waals surface area contributed by atoms with E-state index in [2.05, 4.69) is 41.4 Å². The van der Waals surface area contributed by atoms with Crippen molar-refractivity contribution in [2.24, 2.45) is 5.92 Å². The van der Waals surface area contributed by atoms with Crippen LogP contribution in [0.4, 0.5) is 10.1 Å². The summed E-state index contributed by atoms with van der Waals surface area (Å²) in [5.74, 6) is 0.630. The van der Waals surface area contributed by atoms with E-state index in [0.29, 0.717) is 6.54 Å². The first-order valence-corrected chi connectivity index (χ1v) is 8.48. The Kier molecular flexibility index (Phi) is 5.29. The third-order valence-corrected chi connectivity index (χ3v) is 4.51. The average molecular weight is 312 g/mol. The molecule has 2 nitrogen and oxygen atoms in total. The molecule has 0 aliphatic carbocycles. The van der Waals surface area contributed by atoms with Crippen LogP contribution >= 0.6 is 0 Å². The molecule has 3 heteroatoms. The van der Waals surface area contributed by atoms with Crippen molar-refractivity contribution in [1.29, 1.82) is 0 Å². The first-order valence-electron chi connectivity index (χ1n) is 8.48. The summed E-state index contributed by atoms with van der Waals surface area (Å²) >= 11 is 0. The number of halogens is 1. The number of hydrogen-bond donors (Lipinski definition) is 1. The van der Waals surface area contributed by atoms with E-state index in [1.165, 1.54) is 43.6 Å². The number of hydrogen-bond acceptors (Lipinski definition) is 2. The zero-order valence-electron chi connectivity index (χ0n) is 13.8. The summed E-state index contributed by atoms with van der Waals surface area (Å²) in [4.78, 5) is 2.55.